The summed E-state index contributed by atoms with van der Waals surface area (Å²) in [6, 6.07) is 21.5. The van der Waals surface area contributed by atoms with Crippen molar-refractivity contribution in [1.29, 1.82) is 0 Å². The van der Waals surface area contributed by atoms with E-state index in [1.54, 1.807) is 0 Å². The standard InChI is InChI=1S/C20H18/c1-15-8-11-18(13-10-17-6-4-3-5-7-17)20-16(2)9-12-19(20)14-15/h3-14H,1-2H3/b13-10+. The molecule has 3 rings (SSSR count). The van der Waals surface area contributed by atoms with Crippen molar-refractivity contribution in [1.82, 2.24) is 0 Å². The number of aryl methyl sites for hydroxylation is 2. The SMILES string of the molecule is Cc1ccc(/C=C/c2ccccc2)c2c(C)ccc-2c1. The Morgan fingerprint density at radius 3 is 2.35 bits per heavy atom. The summed E-state index contributed by atoms with van der Waals surface area (Å²) in [6.45, 7) is 4.32. The van der Waals surface area contributed by atoms with Crippen LogP contribution in [-0.4, -0.2) is 0 Å². The first-order valence-corrected chi connectivity index (χ1v) is 6.97. The molecule has 0 saturated heterocycles. The van der Waals surface area contributed by atoms with Gasteiger partial charge in [-0.3, -0.25) is 0 Å². The molecule has 1 aromatic rings. The predicted octanol–water partition coefficient (Wildman–Crippen LogP) is 5.58. The molecular weight excluding hydrogens is 240 g/mol. The summed E-state index contributed by atoms with van der Waals surface area (Å²) in [6.07, 6.45) is 4.39. The average Bonchev–Trinajstić information content (AvgIpc) is 2.73. The second kappa shape index (κ2) is 5.34. The molecule has 0 aliphatic heterocycles. The van der Waals surface area contributed by atoms with Gasteiger partial charge in [0.2, 0.25) is 0 Å². The van der Waals surface area contributed by atoms with E-state index < -0.39 is 0 Å². The molecule has 0 amide bonds. The zero-order chi connectivity index (χ0) is 13.9. The molecule has 0 radical (unpaired) electrons. The lowest BCUT2D eigenvalue weighted by Gasteiger charge is -2.01. The summed E-state index contributed by atoms with van der Waals surface area (Å²) in [5, 5.41) is 0. The maximum atomic E-state index is 2.25. The van der Waals surface area contributed by atoms with Crippen molar-refractivity contribution in [2.45, 2.75) is 13.8 Å². The summed E-state index contributed by atoms with van der Waals surface area (Å²) >= 11 is 0. The maximum Gasteiger partial charge on any atom is -0.00820 e. The second-order valence-corrected chi connectivity index (χ2v) is 5.27. The Morgan fingerprint density at radius 2 is 1.55 bits per heavy atom. The van der Waals surface area contributed by atoms with Gasteiger partial charge in [0.1, 0.15) is 0 Å². The van der Waals surface area contributed by atoms with Gasteiger partial charge in [0.05, 0.1) is 0 Å². The van der Waals surface area contributed by atoms with Crippen LogP contribution in [0.5, 0.6) is 0 Å². The highest BCUT2D eigenvalue weighted by atomic mass is 14.1. The molecule has 0 saturated carbocycles. The Balaban J connectivity index is 2.09. The van der Waals surface area contributed by atoms with Gasteiger partial charge in [-0.25, -0.2) is 0 Å². The molecule has 1 aromatic carbocycles. The van der Waals surface area contributed by atoms with E-state index >= 15 is 0 Å². The van der Waals surface area contributed by atoms with Crippen molar-refractivity contribution in [2.75, 3.05) is 0 Å². The van der Waals surface area contributed by atoms with E-state index in [-0.39, 0.29) is 0 Å². The van der Waals surface area contributed by atoms with E-state index in [1.165, 1.54) is 33.4 Å². The molecular formula is C20H18. The zero-order valence-electron chi connectivity index (χ0n) is 11.9. The van der Waals surface area contributed by atoms with Crippen LogP contribution in [0.3, 0.4) is 0 Å². The van der Waals surface area contributed by atoms with Crippen LogP contribution in [0.25, 0.3) is 23.3 Å². The van der Waals surface area contributed by atoms with Gasteiger partial charge >= 0.3 is 0 Å². The second-order valence-electron chi connectivity index (χ2n) is 5.27. The Kier molecular flexibility index (Phi) is 3.39. The van der Waals surface area contributed by atoms with Crippen molar-refractivity contribution < 1.29 is 0 Å². The lowest BCUT2D eigenvalue weighted by Crippen LogP contribution is -1.78. The lowest BCUT2D eigenvalue weighted by atomic mass is 10.0. The predicted molar refractivity (Wildman–Crippen MR) is 87.9 cm³/mol. The summed E-state index contributed by atoms with van der Waals surface area (Å²) in [5.74, 6) is 0. The van der Waals surface area contributed by atoms with Crippen molar-refractivity contribution in [3.8, 4) is 11.1 Å². The number of benzene rings is 1. The fraction of sp³-hybridized carbons (Fsp3) is 0.100. The molecule has 0 fully saturated rings. The van der Waals surface area contributed by atoms with Gasteiger partial charge in [-0.1, -0.05) is 78.4 Å². The molecule has 0 unspecified atom stereocenters. The quantitative estimate of drug-likeness (QED) is 0.563. The highest BCUT2D eigenvalue weighted by Gasteiger charge is 2.08. The van der Waals surface area contributed by atoms with E-state index in [9.17, 15) is 0 Å². The van der Waals surface area contributed by atoms with E-state index in [1.807, 2.05) is 6.07 Å². The van der Waals surface area contributed by atoms with Crippen LogP contribution in [0.1, 0.15) is 22.3 Å². The summed E-state index contributed by atoms with van der Waals surface area (Å²) in [7, 11) is 0. The molecule has 0 atom stereocenters. The highest BCUT2D eigenvalue weighted by Crippen LogP contribution is 2.32. The number of fused-ring (bicyclic) bond motifs is 1. The number of hydrogen-bond donors (Lipinski definition) is 0. The molecule has 0 aromatic heterocycles. The van der Waals surface area contributed by atoms with Crippen LogP contribution < -0.4 is 0 Å². The molecule has 20 heavy (non-hydrogen) atoms. The van der Waals surface area contributed by atoms with Crippen molar-refractivity contribution >= 4 is 12.2 Å². The largest absolute Gasteiger partial charge is 0.0622 e. The van der Waals surface area contributed by atoms with Crippen LogP contribution in [0.4, 0.5) is 0 Å². The Hall–Kier alpha value is -2.34. The number of rotatable bonds is 2. The molecule has 0 spiro atoms. The third kappa shape index (κ3) is 2.50. The Bertz CT molecular complexity index is 721. The maximum absolute atomic E-state index is 2.25. The van der Waals surface area contributed by atoms with E-state index in [2.05, 4.69) is 80.6 Å². The van der Waals surface area contributed by atoms with Crippen LogP contribution >= 0.6 is 0 Å². The minimum absolute atomic E-state index is 1.23. The van der Waals surface area contributed by atoms with Gasteiger partial charge in [-0.2, -0.15) is 0 Å². The lowest BCUT2D eigenvalue weighted by molar-refractivity contribution is 1.52. The third-order valence-corrected chi connectivity index (χ3v) is 3.65. The Labute approximate surface area is 120 Å². The minimum atomic E-state index is 1.23. The highest BCUT2D eigenvalue weighted by molar-refractivity contribution is 5.84. The minimum Gasteiger partial charge on any atom is -0.0622 e. The van der Waals surface area contributed by atoms with Crippen molar-refractivity contribution in [2.24, 2.45) is 0 Å². The first kappa shape index (κ1) is 12.7. The summed E-state index contributed by atoms with van der Waals surface area (Å²) < 4.78 is 0. The van der Waals surface area contributed by atoms with E-state index in [0.717, 1.165) is 0 Å². The fourth-order valence-corrected chi connectivity index (χ4v) is 2.61. The molecule has 0 bridgehead atoms. The van der Waals surface area contributed by atoms with Gasteiger partial charge in [-0.05, 0) is 41.7 Å². The smallest absolute Gasteiger partial charge is 0.00820 e. The van der Waals surface area contributed by atoms with Crippen LogP contribution in [0.15, 0.2) is 60.7 Å². The average molecular weight is 258 g/mol. The molecule has 0 heteroatoms. The molecule has 0 nitrogen and oxygen atoms in total. The van der Waals surface area contributed by atoms with Gasteiger partial charge in [0.15, 0.2) is 0 Å². The topological polar surface area (TPSA) is 0 Å². The van der Waals surface area contributed by atoms with Gasteiger partial charge in [-0.15, -0.1) is 0 Å². The van der Waals surface area contributed by atoms with Gasteiger partial charge < -0.3 is 0 Å². The first-order chi connectivity index (χ1) is 9.74. The van der Waals surface area contributed by atoms with Crippen LogP contribution in [0.2, 0.25) is 0 Å². The third-order valence-electron chi connectivity index (χ3n) is 3.65. The van der Waals surface area contributed by atoms with Crippen LogP contribution in [-0.2, 0) is 0 Å². The van der Waals surface area contributed by atoms with E-state index in [4.69, 9.17) is 0 Å². The number of hydrogen-bond acceptors (Lipinski definition) is 0. The van der Waals surface area contributed by atoms with Gasteiger partial charge in [0, 0.05) is 0 Å². The van der Waals surface area contributed by atoms with Crippen molar-refractivity contribution in [3.05, 3.63) is 82.9 Å². The molecule has 0 N–H and O–H groups in total. The monoisotopic (exact) mass is 258 g/mol. The van der Waals surface area contributed by atoms with Crippen LogP contribution in [0, 0.1) is 13.8 Å². The Morgan fingerprint density at radius 1 is 0.750 bits per heavy atom. The molecule has 98 valence electrons. The zero-order valence-corrected chi connectivity index (χ0v) is 11.9. The molecule has 0 heterocycles. The van der Waals surface area contributed by atoms with Crippen molar-refractivity contribution in [3.63, 3.8) is 0 Å². The molecule has 2 aliphatic rings. The summed E-state index contributed by atoms with van der Waals surface area (Å²) in [4.78, 5) is 0. The van der Waals surface area contributed by atoms with Gasteiger partial charge in [0.25, 0.3) is 0 Å². The van der Waals surface area contributed by atoms with E-state index in [0.29, 0.717) is 0 Å². The fourth-order valence-electron chi connectivity index (χ4n) is 2.61. The normalized spacial score (nSPS) is 11.3. The molecule has 2 aliphatic carbocycles. The first-order valence-electron chi connectivity index (χ1n) is 6.97. The summed E-state index contributed by atoms with van der Waals surface area (Å²) in [5.41, 5.74) is 7.80.